The maximum Gasteiger partial charge on any atom is 0.492 e. The molecule has 0 heterocycles. The van der Waals surface area contributed by atoms with Crippen molar-refractivity contribution in [3.63, 3.8) is 0 Å². The maximum atomic E-state index is 12.9. The standard InChI is InChI=1S/C12H9F.CHFO2/c13-12-8-4-7-11(9-12)10-5-2-1-3-6-10;2-1(3)4/h1-9H;(H,3,4). The van der Waals surface area contributed by atoms with Gasteiger partial charge >= 0.3 is 6.22 Å². The van der Waals surface area contributed by atoms with Crippen molar-refractivity contribution >= 4 is 6.22 Å². The lowest BCUT2D eigenvalue weighted by Crippen LogP contribution is -1.78. The monoisotopic (exact) mass is 236 g/mol. The van der Waals surface area contributed by atoms with Crippen molar-refractivity contribution in [3.8, 4) is 11.1 Å². The lowest BCUT2D eigenvalue weighted by molar-refractivity contribution is 0.169. The Bertz CT molecular complexity index is 480. The van der Waals surface area contributed by atoms with E-state index in [4.69, 9.17) is 9.90 Å². The summed E-state index contributed by atoms with van der Waals surface area (Å²) < 4.78 is 22.8. The average molecular weight is 236 g/mol. The highest BCUT2D eigenvalue weighted by Crippen LogP contribution is 2.18. The molecule has 88 valence electrons. The summed E-state index contributed by atoms with van der Waals surface area (Å²) in [5.41, 5.74) is 1.96. The van der Waals surface area contributed by atoms with E-state index in [0.29, 0.717) is 0 Å². The number of carboxylic acid groups (broad SMARTS) is 1. The quantitative estimate of drug-likeness (QED) is 0.756. The van der Waals surface area contributed by atoms with Crippen LogP contribution in [0.25, 0.3) is 11.1 Å². The van der Waals surface area contributed by atoms with E-state index < -0.39 is 6.22 Å². The van der Waals surface area contributed by atoms with Crippen molar-refractivity contribution in [2.45, 2.75) is 0 Å². The molecule has 0 radical (unpaired) electrons. The number of rotatable bonds is 1. The predicted molar refractivity (Wildman–Crippen MR) is 61.0 cm³/mol. The first-order chi connectivity index (χ1) is 8.09. The highest BCUT2D eigenvalue weighted by Gasteiger charge is 1.96. The second-order valence-electron chi connectivity index (χ2n) is 3.13. The molecule has 0 aliphatic rings. The summed E-state index contributed by atoms with van der Waals surface area (Å²) in [5.74, 6) is -0.193. The Labute approximate surface area is 97.1 Å². The molecule has 0 saturated heterocycles. The predicted octanol–water partition coefficient (Wildman–Crippen LogP) is 4.13. The fourth-order valence-electron chi connectivity index (χ4n) is 1.30. The van der Waals surface area contributed by atoms with Crippen LogP contribution in [0.2, 0.25) is 0 Å². The number of hydrogen-bond acceptors (Lipinski definition) is 1. The Hall–Kier alpha value is -2.23. The van der Waals surface area contributed by atoms with Crippen LogP contribution in [-0.2, 0) is 0 Å². The highest BCUT2D eigenvalue weighted by atomic mass is 19.1. The van der Waals surface area contributed by atoms with Gasteiger partial charge in [-0.3, -0.25) is 0 Å². The normalized spacial score (nSPS) is 9.06. The zero-order valence-corrected chi connectivity index (χ0v) is 8.81. The summed E-state index contributed by atoms with van der Waals surface area (Å²) >= 11 is 0. The molecular weight excluding hydrogens is 226 g/mol. The summed E-state index contributed by atoms with van der Waals surface area (Å²) in [6.45, 7) is 0. The van der Waals surface area contributed by atoms with Gasteiger partial charge in [-0.25, -0.2) is 9.18 Å². The molecule has 0 unspecified atom stereocenters. The van der Waals surface area contributed by atoms with Crippen LogP contribution in [0.3, 0.4) is 0 Å². The van der Waals surface area contributed by atoms with E-state index in [1.54, 1.807) is 6.07 Å². The van der Waals surface area contributed by atoms with E-state index >= 15 is 0 Å². The molecule has 0 fully saturated rings. The van der Waals surface area contributed by atoms with Crippen LogP contribution in [0.1, 0.15) is 0 Å². The first kappa shape index (κ1) is 12.8. The number of carbonyl (C=O) groups is 1. The van der Waals surface area contributed by atoms with Crippen LogP contribution in [0.4, 0.5) is 13.6 Å². The van der Waals surface area contributed by atoms with Crippen molar-refractivity contribution in [1.29, 1.82) is 0 Å². The minimum absolute atomic E-state index is 0.193. The van der Waals surface area contributed by atoms with E-state index in [2.05, 4.69) is 0 Å². The van der Waals surface area contributed by atoms with Gasteiger partial charge in [-0.05, 0) is 23.3 Å². The fourth-order valence-corrected chi connectivity index (χ4v) is 1.30. The smallest absolute Gasteiger partial charge is 0.456 e. The molecule has 0 atom stereocenters. The molecule has 0 spiro atoms. The zero-order valence-electron chi connectivity index (χ0n) is 8.81. The van der Waals surface area contributed by atoms with Crippen molar-refractivity contribution < 1.29 is 18.7 Å². The van der Waals surface area contributed by atoms with Gasteiger partial charge in [0.05, 0.1) is 0 Å². The van der Waals surface area contributed by atoms with Gasteiger partial charge < -0.3 is 5.11 Å². The molecular formula is C13H10F2O2. The largest absolute Gasteiger partial charge is 0.492 e. The highest BCUT2D eigenvalue weighted by molar-refractivity contribution is 5.62. The fraction of sp³-hybridized carbons (Fsp3) is 0. The Morgan fingerprint density at radius 3 is 2.00 bits per heavy atom. The topological polar surface area (TPSA) is 37.3 Å². The van der Waals surface area contributed by atoms with Crippen molar-refractivity contribution in [3.05, 3.63) is 60.4 Å². The van der Waals surface area contributed by atoms with Crippen molar-refractivity contribution in [2.75, 3.05) is 0 Å². The molecule has 1 N–H and O–H groups in total. The Balaban J connectivity index is 0.000000317. The average Bonchev–Trinajstić information content (AvgIpc) is 2.29. The number of hydrogen-bond donors (Lipinski definition) is 1. The Morgan fingerprint density at radius 2 is 1.47 bits per heavy atom. The molecule has 4 heteroatoms. The van der Waals surface area contributed by atoms with Crippen LogP contribution in [-0.4, -0.2) is 11.3 Å². The third-order valence-corrected chi connectivity index (χ3v) is 1.93. The molecule has 0 saturated carbocycles. The van der Waals surface area contributed by atoms with E-state index in [0.717, 1.165) is 11.1 Å². The Morgan fingerprint density at radius 1 is 0.941 bits per heavy atom. The van der Waals surface area contributed by atoms with E-state index in [1.807, 2.05) is 36.4 Å². The summed E-state index contributed by atoms with van der Waals surface area (Å²) in [5, 5.41) is 6.75. The zero-order chi connectivity index (χ0) is 12.7. The minimum Gasteiger partial charge on any atom is -0.456 e. The molecule has 0 aliphatic carbocycles. The van der Waals surface area contributed by atoms with Crippen LogP contribution in [0.5, 0.6) is 0 Å². The Kier molecular flexibility index (Phi) is 4.81. The third kappa shape index (κ3) is 4.88. The van der Waals surface area contributed by atoms with Gasteiger partial charge in [0.25, 0.3) is 0 Å². The summed E-state index contributed by atoms with van der Waals surface area (Å²) in [6, 6.07) is 16.4. The number of halogens is 2. The summed E-state index contributed by atoms with van der Waals surface area (Å²) in [7, 11) is 0. The van der Waals surface area contributed by atoms with Crippen LogP contribution >= 0.6 is 0 Å². The maximum absolute atomic E-state index is 12.9. The summed E-state index contributed by atoms with van der Waals surface area (Å²) in [6.07, 6.45) is -2.33. The SMILES string of the molecule is Fc1cccc(-c2ccccc2)c1.O=C(O)F. The molecule has 17 heavy (non-hydrogen) atoms. The lowest BCUT2D eigenvalue weighted by atomic mass is 10.1. The molecule has 2 rings (SSSR count). The van der Waals surface area contributed by atoms with Gasteiger partial charge in [0.1, 0.15) is 5.82 Å². The second-order valence-corrected chi connectivity index (χ2v) is 3.13. The molecule has 2 aromatic carbocycles. The first-order valence-electron chi connectivity index (χ1n) is 4.79. The second kappa shape index (κ2) is 6.37. The summed E-state index contributed by atoms with van der Waals surface area (Å²) in [4.78, 5) is 8.33. The number of benzene rings is 2. The van der Waals surface area contributed by atoms with Crippen molar-refractivity contribution in [1.82, 2.24) is 0 Å². The van der Waals surface area contributed by atoms with E-state index in [9.17, 15) is 8.78 Å². The van der Waals surface area contributed by atoms with Crippen molar-refractivity contribution in [2.24, 2.45) is 0 Å². The van der Waals surface area contributed by atoms with Gasteiger partial charge in [0.15, 0.2) is 0 Å². The van der Waals surface area contributed by atoms with Gasteiger partial charge in [-0.1, -0.05) is 42.5 Å². The molecule has 0 aromatic heterocycles. The van der Waals surface area contributed by atoms with Crippen LogP contribution in [0.15, 0.2) is 54.6 Å². The molecule has 0 bridgehead atoms. The molecule has 0 aliphatic heterocycles. The minimum atomic E-state index is -2.33. The van der Waals surface area contributed by atoms with Gasteiger partial charge in [0, 0.05) is 0 Å². The van der Waals surface area contributed by atoms with Gasteiger partial charge in [-0.2, -0.15) is 0 Å². The third-order valence-electron chi connectivity index (χ3n) is 1.93. The first-order valence-corrected chi connectivity index (χ1v) is 4.79. The molecule has 0 amide bonds. The van der Waals surface area contributed by atoms with Gasteiger partial charge in [0.2, 0.25) is 0 Å². The molecule has 2 nitrogen and oxygen atoms in total. The molecule has 2 aromatic rings. The van der Waals surface area contributed by atoms with Crippen LogP contribution < -0.4 is 0 Å². The van der Waals surface area contributed by atoms with E-state index in [-0.39, 0.29) is 5.82 Å². The van der Waals surface area contributed by atoms with Crippen LogP contribution in [0, 0.1) is 5.82 Å². The van der Waals surface area contributed by atoms with Gasteiger partial charge in [-0.15, -0.1) is 4.39 Å². The lowest BCUT2D eigenvalue weighted by Gasteiger charge is -1.99. The van der Waals surface area contributed by atoms with E-state index in [1.165, 1.54) is 12.1 Å².